The average molecular weight is 311 g/mol. The third kappa shape index (κ3) is 2.46. The largest absolute Gasteiger partial charge is 0.351 e. The fraction of sp³-hybridized carbons (Fsp3) is 0.111. The van der Waals surface area contributed by atoms with Gasteiger partial charge in [0, 0.05) is 11.8 Å². The summed E-state index contributed by atoms with van der Waals surface area (Å²) in [5, 5.41) is 0.250. The summed E-state index contributed by atoms with van der Waals surface area (Å²) in [5.74, 6) is 0. The van der Waals surface area contributed by atoms with E-state index in [4.69, 9.17) is 0 Å². The van der Waals surface area contributed by atoms with Crippen LogP contribution in [0, 0.1) is 13.8 Å². The summed E-state index contributed by atoms with van der Waals surface area (Å²) in [7, 11) is -3.57. The van der Waals surface area contributed by atoms with E-state index in [0.717, 1.165) is 22.3 Å². The molecule has 1 heterocycles. The van der Waals surface area contributed by atoms with E-state index < -0.39 is 9.84 Å². The molecule has 2 aromatic carbocycles. The molecule has 0 bridgehead atoms. The van der Waals surface area contributed by atoms with Crippen LogP contribution in [0.3, 0.4) is 0 Å². The van der Waals surface area contributed by atoms with E-state index in [9.17, 15) is 8.42 Å². The Morgan fingerprint density at radius 2 is 1.50 bits per heavy atom. The minimum atomic E-state index is -3.57. The van der Waals surface area contributed by atoms with Crippen molar-refractivity contribution in [3.8, 4) is 11.1 Å². The summed E-state index contributed by atoms with van der Waals surface area (Å²) in [6.45, 7) is 3.84. The van der Waals surface area contributed by atoms with Crippen LogP contribution in [0.5, 0.6) is 0 Å². The molecular formula is C18H17NO2S. The second kappa shape index (κ2) is 5.46. The Morgan fingerprint density at radius 1 is 0.864 bits per heavy atom. The molecule has 0 radical (unpaired) electrons. The molecule has 0 saturated carbocycles. The zero-order valence-electron chi connectivity index (χ0n) is 12.5. The van der Waals surface area contributed by atoms with E-state index in [1.165, 1.54) is 0 Å². The number of aromatic nitrogens is 1. The maximum Gasteiger partial charge on any atom is 0.222 e. The SMILES string of the molecule is Cc1ccc(S(=O)(=O)c2[nH]cc(C)c2-c2ccccc2)cc1. The molecule has 1 N–H and O–H groups in total. The lowest BCUT2D eigenvalue weighted by Gasteiger charge is -2.08. The Kier molecular flexibility index (Phi) is 3.62. The molecule has 112 valence electrons. The second-order valence-electron chi connectivity index (χ2n) is 5.36. The number of benzene rings is 2. The molecule has 3 rings (SSSR count). The van der Waals surface area contributed by atoms with E-state index >= 15 is 0 Å². The van der Waals surface area contributed by atoms with Crippen LogP contribution >= 0.6 is 0 Å². The lowest BCUT2D eigenvalue weighted by atomic mass is 10.1. The maximum atomic E-state index is 12.9. The highest BCUT2D eigenvalue weighted by molar-refractivity contribution is 7.91. The number of H-pyrrole nitrogens is 1. The molecule has 0 unspecified atom stereocenters. The predicted octanol–water partition coefficient (Wildman–Crippen LogP) is 4.13. The molecule has 0 fully saturated rings. The van der Waals surface area contributed by atoms with Crippen molar-refractivity contribution in [2.75, 3.05) is 0 Å². The summed E-state index contributed by atoms with van der Waals surface area (Å²) < 4.78 is 25.8. The van der Waals surface area contributed by atoms with Gasteiger partial charge >= 0.3 is 0 Å². The molecule has 1 aromatic heterocycles. The van der Waals surface area contributed by atoms with Gasteiger partial charge in [-0.3, -0.25) is 0 Å². The number of rotatable bonds is 3. The third-order valence-electron chi connectivity index (χ3n) is 3.70. The highest BCUT2D eigenvalue weighted by Gasteiger charge is 2.24. The number of aromatic amines is 1. The molecule has 0 aliphatic carbocycles. The van der Waals surface area contributed by atoms with Crippen molar-refractivity contribution in [1.82, 2.24) is 4.98 Å². The van der Waals surface area contributed by atoms with Crippen LogP contribution in [0.1, 0.15) is 11.1 Å². The van der Waals surface area contributed by atoms with Gasteiger partial charge in [-0.2, -0.15) is 0 Å². The number of hydrogen-bond acceptors (Lipinski definition) is 2. The van der Waals surface area contributed by atoms with Crippen molar-refractivity contribution in [1.29, 1.82) is 0 Å². The van der Waals surface area contributed by atoms with Gasteiger partial charge in [0.25, 0.3) is 0 Å². The molecule has 0 spiro atoms. The number of nitrogens with one attached hydrogen (secondary N) is 1. The Balaban J connectivity index is 2.19. The lowest BCUT2D eigenvalue weighted by molar-refractivity contribution is 0.593. The van der Waals surface area contributed by atoms with Crippen LogP contribution in [0.25, 0.3) is 11.1 Å². The van der Waals surface area contributed by atoms with Gasteiger partial charge in [-0.05, 0) is 37.1 Å². The minimum absolute atomic E-state index is 0.250. The number of hydrogen-bond donors (Lipinski definition) is 1. The molecule has 0 aliphatic heterocycles. The van der Waals surface area contributed by atoms with Crippen molar-refractivity contribution in [2.45, 2.75) is 23.8 Å². The molecule has 0 saturated heterocycles. The highest BCUT2D eigenvalue weighted by Crippen LogP contribution is 2.33. The second-order valence-corrected chi connectivity index (χ2v) is 7.24. The van der Waals surface area contributed by atoms with Crippen molar-refractivity contribution in [3.63, 3.8) is 0 Å². The van der Waals surface area contributed by atoms with Gasteiger partial charge in [0.05, 0.1) is 4.90 Å². The van der Waals surface area contributed by atoms with Crippen molar-refractivity contribution in [3.05, 3.63) is 71.9 Å². The van der Waals surface area contributed by atoms with E-state index in [1.807, 2.05) is 56.3 Å². The lowest BCUT2D eigenvalue weighted by Crippen LogP contribution is -2.04. The number of sulfone groups is 1. The van der Waals surface area contributed by atoms with E-state index in [0.29, 0.717) is 4.90 Å². The Morgan fingerprint density at radius 3 is 2.14 bits per heavy atom. The smallest absolute Gasteiger partial charge is 0.222 e. The van der Waals surface area contributed by atoms with Crippen LogP contribution in [0.4, 0.5) is 0 Å². The zero-order valence-corrected chi connectivity index (χ0v) is 13.3. The normalized spacial score (nSPS) is 11.5. The number of aryl methyl sites for hydroxylation is 2. The van der Waals surface area contributed by atoms with Gasteiger partial charge in [-0.25, -0.2) is 8.42 Å². The molecular weight excluding hydrogens is 294 g/mol. The maximum absolute atomic E-state index is 12.9. The Hall–Kier alpha value is -2.33. The quantitative estimate of drug-likeness (QED) is 0.790. The van der Waals surface area contributed by atoms with Crippen molar-refractivity contribution < 1.29 is 8.42 Å². The highest BCUT2D eigenvalue weighted by atomic mass is 32.2. The van der Waals surface area contributed by atoms with Crippen LogP contribution in [-0.2, 0) is 9.84 Å². The first-order chi connectivity index (χ1) is 10.5. The molecule has 0 atom stereocenters. The van der Waals surface area contributed by atoms with Gasteiger partial charge in [0.1, 0.15) is 5.03 Å². The van der Waals surface area contributed by atoms with Crippen LogP contribution < -0.4 is 0 Å². The summed E-state index contributed by atoms with van der Waals surface area (Å²) in [6, 6.07) is 16.5. The first-order valence-electron chi connectivity index (χ1n) is 7.05. The molecule has 0 amide bonds. The van der Waals surface area contributed by atoms with Crippen LogP contribution in [0.15, 0.2) is 70.7 Å². The topological polar surface area (TPSA) is 49.9 Å². The standard InChI is InChI=1S/C18H17NO2S/c1-13-8-10-16(11-9-13)22(20,21)18-17(14(2)12-19-18)15-6-4-3-5-7-15/h3-12,19H,1-2H3. The van der Waals surface area contributed by atoms with Crippen molar-refractivity contribution in [2.24, 2.45) is 0 Å². The third-order valence-corrected chi connectivity index (χ3v) is 5.46. The molecule has 3 aromatic rings. The first-order valence-corrected chi connectivity index (χ1v) is 8.53. The van der Waals surface area contributed by atoms with E-state index in [-0.39, 0.29) is 5.03 Å². The molecule has 22 heavy (non-hydrogen) atoms. The minimum Gasteiger partial charge on any atom is -0.351 e. The van der Waals surface area contributed by atoms with Gasteiger partial charge in [-0.1, -0.05) is 48.0 Å². The summed E-state index contributed by atoms with van der Waals surface area (Å²) in [5.41, 5.74) is 3.58. The average Bonchev–Trinajstić information content (AvgIpc) is 2.91. The van der Waals surface area contributed by atoms with Crippen molar-refractivity contribution >= 4 is 9.84 Å². The van der Waals surface area contributed by atoms with Crippen LogP contribution in [0.2, 0.25) is 0 Å². The fourth-order valence-corrected chi connectivity index (χ4v) is 4.00. The van der Waals surface area contributed by atoms with Gasteiger partial charge in [-0.15, -0.1) is 0 Å². The summed E-state index contributed by atoms with van der Waals surface area (Å²) in [6.07, 6.45) is 1.74. The predicted molar refractivity (Wildman–Crippen MR) is 87.6 cm³/mol. The first kappa shape index (κ1) is 14.6. The van der Waals surface area contributed by atoms with Gasteiger partial charge in [0.15, 0.2) is 0 Å². The summed E-state index contributed by atoms with van der Waals surface area (Å²) in [4.78, 5) is 3.24. The zero-order chi connectivity index (χ0) is 15.7. The molecule has 3 nitrogen and oxygen atoms in total. The Labute approximate surface area is 130 Å². The van der Waals surface area contributed by atoms with Gasteiger partial charge in [0.2, 0.25) is 9.84 Å². The monoisotopic (exact) mass is 311 g/mol. The van der Waals surface area contributed by atoms with Crippen LogP contribution in [-0.4, -0.2) is 13.4 Å². The van der Waals surface area contributed by atoms with E-state index in [2.05, 4.69) is 4.98 Å². The summed E-state index contributed by atoms with van der Waals surface area (Å²) >= 11 is 0. The Bertz CT molecular complexity index is 892. The fourth-order valence-electron chi connectivity index (χ4n) is 2.51. The van der Waals surface area contributed by atoms with Gasteiger partial charge < -0.3 is 4.98 Å². The molecule has 4 heteroatoms. The van der Waals surface area contributed by atoms with E-state index in [1.54, 1.807) is 18.3 Å². The molecule has 0 aliphatic rings.